The molecule has 3 aromatic carbocycles. The van der Waals surface area contributed by atoms with E-state index in [4.69, 9.17) is 25.8 Å². The van der Waals surface area contributed by atoms with E-state index in [2.05, 4.69) is 13.8 Å². The van der Waals surface area contributed by atoms with Crippen LogP contribution in [0.2, 0.25) is 5.02 Å². The van der Waals surface area contributed by atoms with E-state index in [9.17, 15) is 14.4 Å². The third-order valence-electron chi connectivity index (χ3n) is 6.08. The van der Waals surface area contributed by atoms with Crippen LogP contribution >= 0.6 is 46.0 Å². The van der Waals surface area contributed by atoms with Crippen LogP contribution in [0.4, 0.5) is 4.79 Å². The number of amides is 2. The topological polar surface area (TPSA) is 82.1 Å². The molecule has 0 spiro atoms. The van der Waals surface area contributed by atoms with E-state index in [1.165, 1.54) is 12.0 Å². The smallest absolute Gasteiger partial charge is 0.345 e. The number of nitrogens with zero attached hydrogens (tertiary/aromatic N) is 1. The van der Waals surface area contributed by atoms with Crippen molar-refractivity contribution in [2.24, 2.45) is 0 Å². The maximum absolute atomic E-state index is 13.1. The molecule has 1 heterocycles. The summed E-state index contributed by atoms with van der Waals surface area (Å²) in [6, 6.07) is 16.0. The molecule has 4 rings (SSSR count). The SMILES string of the molecule is COc1cc(/C=C2\SC(=O)N(CCOc3cc(C)ccc3C(C)C)C2=O)cc(I)c1OC(=O)c1ccccc1Cl. The number of benzene rings is 3. The molecule has 7 nitrogen and oxygen atoms in total. The molecule has 0 unspecified atom stereocenters. The number of rotatable bonds is 9. The summed E-state index contributed by atoms with van der Waals surface area (Å²) in [4.78, 5) is 39.9. The fourth-order valence-corrected chi connectivity index (χ4v) is 5.84. The average molecular weight is 692 g/mol. The van der Waals surface area contributed by atoms with Crippen LogP contribution in [0.5, 0.6) is 17.2 Å². The highest BCUT2D eigenvalue weighted by atomic mass is 127. The molecule has 10 heteroatoms. The highest BCUT2D eigenvalue weighted by molar-refractivity contribution is 14.1. The summed E-state index contributed by atoms with van der Waals surface area (Å²) in [5.41, 5.74) is 2.99. The number of aryl methyl sites for hydroxylation is 1. The largest absolute Gasteiger partial charge is 0.493 e. The number of imide groups is 1. The number of esters is 1. The third-order valence-corrected chi connectivity index (χ3v) is 8.11. The third kappa shape index (κ3) is 6.82. The lowest BCUT2D eigenvalue weighted by Crippen LogP contribution is -2.32. The molecule has 0 atom stereocenters. The molecule has 1 aliphatic heterocycles. The minimum atomic E-state index is -0.621. The zero-order valence-electron chi connectivity index (χ0n) is 22.3. The van der Waals surface area contributed by atoms with Crippen LogP contribution in [0.15, 0.2) is 59.5 Å². The Kier molecular flexibility index (Phi) is 9.81. The molecule has 1 saturated heterocycles. The Balaban J connectivity index is 1.48. The number of methoxy groups -OCH3 is 1. The molecule has 2 amide bonds. The van der Waals surface area contributed by atoms with Gasteiger partial charge in [0.05, 0.1) is 32.7 Å². The molecular weight excluding hydrogens is 665 g/mol. The van der Waals surface area contributed by atoms with E-state index in [-0.39, 0.29) is 45.5 Å². The second-order valence-corrected chi connectivity index (χ2v) is 11.8. The Labute approximate surface area is 256 Å². The molecule has 0 aromatic heterocycles. The van der Waals surface area contributed by atoms with Gasteiger partial charge in [-0.2, -0.15) is 0 Å². The standard InChI is InChI=1S/C30H27ClINO6S/c1-17(2)20-10-9-18(3)13-24(20)38-12-11-33-28(34)26(40-30(33)36)16-19-14-23(32)27(25(15-19)37-4)39-29(35)21-7-5-6-8-22(21)31/h5-10,13-17H,11-12H2,1-4H3/b26-16-. The Morgan fingerprint density at radius 1 is 1.10 bits per heavy atom. The van der Waals surface area contributed by atoms with Gasteiger partial charge in [0, 0.05) is 0 Å². The van der Waals surface area contributed by atoms with Crippen LogP contribution in [-0.4, -0.2) is 42.3 Å². The first-order valence-corrected chi connectivity index (χ1v) is 14.7. The molecule has 3 aromatic rings. The van der Waals surface area contributed by atoms with Crippen molar-refractivity contribution in [2.75, 3.05) is 20.3 Å². The fourth-order valence-electron chi connectivity index (χ4n) is 4.03. The van der Waals surface area contributed by atoms with Crippen molar-refractivity contribution in [1.29, 1.82) is 0 Å². The number of ether oxygens (including phenoxy) is 3. The maximum atomic E-state index is 13.1. The molecule has 208 valence electrons. The van der Waals surface area contributed by atoms with Gasteiger partial charge in [-0.05, 0) is 100 Å². The minimum absolute atomic E-state index is 0.130. The van der Waals surface area contributed by atoms with E-state index < -0.39 is 11.9 Å². The number of thioether (sulfide) groups is 1. The van der Waals surface area contributed by atoms with Crippen molar-refractivity contribution in [1.82, 2.24) is 4.90 Å². The zero-order valence-corrected chi connectivity index (χ0v) is 26.1. The molecule has 40 heavy (non-hydrogen) atoms. The highest BCUT2D eigenvalue weighted by Gasteiger charge is 2.35. The molecule has 0 aliphatic carbocycles. The molecule has 0 N–H and O–H groups in total. The zero-order chi connectivity index (χ0) is 29.0. The number of hydrogen-bond acceptors (Lipinski definition) is 7. The average Bonchev–Trinajstić information content (AvgIpc) is 3.17. The van der Waals surface area contributed by atoms with Crippen molar-refractivity contribution in [3.63, 3.8) is 0 Å². The lowest BCUT2D eigenvalue weighted by molar-refractivity contribution is -0.123. The van der Waals surface area contributed by atoms with Crippen LogP contribution in [0.3, 0.4) is 0 Å². The van der Waals surface area contributed by atoms with Gasteiger partial charge in [-0.25, -0.2) is 4.79 Å². The summed E-state index contributed by atoms with van der Waals surface area (Å²) in [7, 11) is 1.45. The summed E-state index contributed by atoms with van der Waals surface area (Å²) in [5, 5.41) is -0.0846. The van der Waals surface area contributed by atoms with Crippen LogP contribution < -0.4 is 14.2 Å². The van der Waals surface area contributed by atoms with Crippen LogP contribution in [0, 0.1) is 10.5 Å². The predicted octanol–water partition coefficient (Wildman–Crippen LogP) is 7.72. The van der Waals surface area contributed by atoms with Crippen molar-refractivity contribution in [2.45, 2.75) is 26.7 Å². The summed E-state index contributed by atoms with van der Waals surface area (Å²) >= 11 is 9.02. The Bertz CT molecular complexity index is 1510. The molecule has 1 aliphatic rings. The van der Waals surface area contributed by atoms with Gasteiger partial charge in [0.15, 0.2) is 11.5 Å². The number of carbonyl (C=O) groups excluding carboxylic acids is 3. The molecule has 0 saturated carbocycles. The van der Waals surface area contributed by atoms with Crippen LogP contribution in [0.1, 0.15) is 46.8 Å². The molecule has 0 radical (unpaired) electrons. The van der Waals surface area contributed by atoms with Gasteiger partial charge in [0.2, 0.25) is 0 Å². The summed E-state index contributed by atoms with van der Waals surface area (Å²) in [5.74, 6) is 0.549. The van der Waals surface area contributed by atoms with E-state index in [0.717, 1.165) is 28.6 Å². The quantitative estimate of drug-likeness (QED) is 0.0984. The second-order valence-electron chi connectivity index (χ2n) is 9.28. The van der Waals surface area contributed by atoms with Gasteiger partial charge in [-0.3, -0.25) is 14.5 Å². The number of hydrogen-bond donors (Lipinski definition) is 0. The van der Waals surface area contributed by atoms with Crippen molar-refractivity contribution >= 4 is 69.1 Å². The number of halogens is 2. The summed E-state index contributed by atoms with van der Waals surface area (Å²) < 4.78 is 17.6. The maximum Gasteiger partial charge on any atom is 0.345 e. The molecule has 0 bridgehead atoms. The van der Waals surface area contributed by atoms with Gasteiger partial charge in [0.1, 0.15) is 12.4 Å². The fraction of sp³-hybridized carbons (Fsp3) is 0.233. The Morgan fingerprint density at radius 3 is 2.55 bits per heavy atom. The Hall–Kier alpha value is -3.02. The first-order valence-electron chi connectivity index (χ1n) is 12.4. The van der Waals surface area contributed by atoms with E-state index in [0.29, 0.717) is 14.9 Å². The van der Waals surface area contributed by atoms with Crippen molar-refractivity contribution in [3.8, 4) is 17.2 Å². The summed E-state index contributed by atoms with van der Waals surface area (Å²) in [6.07, 6.45) is 1.62. The molecular formula is C30H27ClINO6S. The second kappa shape index (κ2) is 13.1. The normalized spacial score (nSPS) is 14.3. The first-order chi connectivity index (χ1) is 19.1. The van der Waals surface area contributed by atoms with E-state index in [1.807, 2.05) is 47.7 Å². The van der Waals surface area contributed by atoms with Crippen molar-refractivity contribution < 1.29 is 28.6 Å². The van der Waals surface area contributed by atoms with Gasteiger partial charge in [-0.15, -0.1) is 0 Å². The van der Waals surface area contributed by atoms with Gasteiger partial charge in [-0.1, -0.05) is 49.7 Å². The van der Waals surface area contributed by atoms with E-state index >= 15 is 0 Å². The lowest BCUT2D eigenvalue weighted by atomic mass is 10.0. The van der Waals surface area contributed by atoms with E-state index in [1.54, 1.807) is 42.5 Å². The van der Waals surface area contributed by atoms with Crippen LogP contribution in [0.25, 0.3) is 6.08 Å². The van der Waals surface area contributed by atoms with Gasteiger partial charge < -0.3 is 14.2 Å². The monoisotopic (exact) mass is 691 g/mol. The lowest BCUT2D eigenvalue weighted by Gasteiger charge is -2.17. The first kappa shape index (κ1) is 30.0. The highest BCUT2D eigenvalue weighted by Crippen LogP contribution is 2.38. The van der Waals surface area contributed by atoms with Crippen molar-refractivity contribution in [3.05, 3.63) is 90.3 Å². The van der Waals surface area contributed by atoms with Crippen LogP contribution in [-0.2, 0) is 4.79 Å². The predicted molar refractivity (Wildman–Crippen MR) is 166 cm³/mol. The minimum Gasteiger partial charge on any atom is -0.493 e. The molecule has 1 fully saturated rings. The number of carbonyl (C=O) groups is 3. The summed E-state index contributed by atoms with van der Waals surface area (Å²) in [6.45, 7) is 6.48. The van der Waals surface area contributed by atoms with Gasteiger partial charge >= 0.3 is 5.97 Å². The Morgan fingerprint density at radius 2 is 1.85 bits per heavy atom. The van der Waals surface area contributed by atoms with Gasteiger partial charge in [0.25, 0.3) is 11.1 Å².